The van der Waals surface area contributed by atoms with Gasteiger partial charge in [-0.2, -0.15) is 0 Å². The fourth-order valence-corrected chi connectivity index (χ4v) is 2.05. The summed E-state index contributed by atoms with van der Waals surface area (Å²) < 4.78 is 5.86. The smallest absolute Gasteiger partial charge is 0.213 e. The third-order valence-corrected chi connectivity index (χ3v) is 3.48. The van der Waals surface area contributed by atoms with Crippen molar-refractivity contribution in [3.05, 3.63) is 23.9 Å². The van der Waals surface area contributed by atoms with E-state index >= 15 is 0 Å². The molecule has 1 atom stereocenters. The minimum Gasteiger partial charge on any atom is -0.477 e. The summed E-state index contributed by atoms with van der Waals surface area (Å²) in [4.78, 5) is 4.55. The largest absolute Gasteiger partial charge is 0.477 e. The highest BCUT2D eigenvalue weighted by molar-refractivity contribution is 5.15. The van der Waals surface area contributed by atoms with Gasteiger partial charge in [0.15, 0.2) is 0 Å². The van der Waals surface area contributed by atoms with Crippen LogP contribution < -0.4 is 10.1 Å². The monoisotopic (exact) mass is 278 g/mol. The van der Waals surface area contributed by atoms with Gasteiger partial charge >= 0.3 is 0 Å². The van der Waals surface area contributed by atoms with Crippen LogP contribution in [0, 0.1) is 5.92 Å². The van der Waals surface area contributed by atoms with Crippen molar-refractivity contribution in [3.63, 3.8) is 0 Å². The van der Waals surface area contributed by atoms with Crippen molar-refractivity contribution < 1.29 is 4.74 Å². The molecule has 3 heteroatoms. The number of ether oxygens (including phenoxy) is 1. The highest BCUT2D eigenvalue weighted by Gasteiger charge is 2.07. The van der Waals surface area contributed by atoms with Gasteiger partial charge in [-0.15, -0.1) is 0 Å². The fraction of sp³-hybridized carbons (Fsp3) is 0.706. The average Bonchev–Trinajstić information content (AvgIpc) is 2.46. The third kappa shape index (κ3) is 6.90. The lowest BCUT2D eigenvalue weighted by Gasteiger charge is -2.15. The van der Waals surface area contributed by atoms with Crippen LogP contribution in [0.15, 0.2) is 18.2 Å². The zero-order valence-electron chi connectivity index (χ0n) is 13.5. The number of nitrogens with zero attached hydrogens (tertiary/aromatic N) is 1. The Hall–Kier alpha value is -1.09. The summed E-state index contributed by atoms with van der Waals surface area (Å²) in [6, 6.07) is 6.48. The van der Waals surface area contributed by atoms with Crippen LogP contribution in [0.25, 0.3) is 0 Å². The summed E-state index contributed by atoms with van der Waals surface area (Å²) in [7, 11) is 0. The van der Waals surface area contributed by atoms with E-state index in [0.717, 1.165) is 24.7 Å². The maximum absolute atomic E-state index is 5.86. The number of nitrogens with one attached hydrogen (secondary N) is 1. The van der Waals surface area contributed by atoms with E-state index in [0.29, 0.717) is 12.0 Å². The number of rotatable bonds is 10. The van der Waals surface area contributed by atoms with E-state index in [1.165, 1.54) is 25.7 Å². The molecule has 0 aliphatic rings. The summed E-state index contributed by atoms with van der Waals surface area (Å²) in [5.74, 6) is 1.40. The lowest BCUT2D eigenvalue weighted by atomic mass is 10.0. The molecule has 0 radical (unpaired) electrons. The summed E-state index contributed by atoms with van der Waals surface area (Å²) in [6.45, 7) is 10.3. The normalized spacial score (nSPS) is 12.7. The first-order chi connectivity index (χ1) is 9.65. The van der Waals surface area contributed by atoms with E-state index in [1.807, 2.05) is 18.2 Å². The van der Waals surface area contributed by atoms with E-state index in [-0.39, 0.29) is 0 Å². The van der Waals surface area contributed by atoms with Gasteiger partial charge in [-0.05, 0) is 18.4 Å². The van der Waals surface area contributed by atoms with Gasteiger partial charge in [0.2, 0.25) is 5.88 Å². The Labute approximate surface area is 124 Å². The average molecular weight is 278 g/mol. The van der Waals surface area contributed by atoms with Crippen LogP contribution in [-0.4, -0.2) is 17.6 Å². The minimum atomic E-state index is 0.472. The molecular weight excluding hydrogens is 248 g/mol. The van der Waals surface area contributed by atoms with Crippen LogP contribution in [-0.2, 0) is 6.54 Å². The molecule has 0 bridgehead atoms. The van der Waals surface area contributed by atoms with E-state index in [2.05, 4.69) is 38.0 Å². The predicted octanol–water partition coefficient (Wildman–Crippen LogP) is 4.17. The molecule has 1 aromatic heterocycles. The van der Waals surface area contributed by atoms with Gasteiger partial charge in [0.1, 0.15) is 0 Å². The maximum atomic E-state index is 5.86. The second-order valence-electron chi connectivity index (χ2n) is 5.73. The van der Waals surface area contributed by atoms with E-state index in [4.69, 9.17) is 4.74 Å². The summed E-state index contributed by atoms with van der Waals surface area (Å²) in [5.41, 5.74) is 1.04. The summed E-state index contributed by atoms with van der Waals surface area (Å²) >= 11 is 0. The Kier molecular flexibility index (Phi) is 8.28. The van der Waals surface area contributed by atoms with Gasteiger partial charge in [0.05, 0.1) is 12.3 Å². The molecule has 0 aromatic carbocycles. The topological polar surface area (TPSA) is 34.1 Å². The Morgan fingerprint density at radius 3 is 2.70 bits per heavy atom. The fourth-order valence-electron chi connectivity index (χ4n) is 2.05. The van der Waals surface area contributed by atoms with Crippen LogP contribution in [0.4, 0.5) is 0 Å². The highest BCUT2D eigenvalue weighted by Crippen LogP contribution is 2.15. The molecule has 0 aliphatic carbocycles. The molecule has 0 amide bonds. The minimum absolute atomic E-state index is 0.472. The van der Waals surface area contributed by atoms with Crippen LogP contribution in [0.1, 0.15) is 59.1 Å². The predicted molar refractivity (Wildman–Crippen MR) is 85.0 cm³/mol. The lowest BCUT2D eigenvalue weighted by Crippen LogP contribution is -2.22. The van der Waals surface area contributed by atoms with Crippen molar-refractivity contribution in [3.8, 4) is 5.88 Å². The van der Waals surface area contributed by atoms with E-state index in [1.54, 1.807) is 0 Å². The molecular formula is C17H30N2O. The lowest BCUT2D eigenvalue weighted by molar-refractivity contribution is 0.225. The van der Waals surface area contributed by atoms with Crippen molar-refractivity contribution >= 4 is 0 Å². The standard InChI is InChI=1S/C17H30N2O/c1-5-7-9-15(6-2)13-20-17-11-8-10-16(19-17)12-18-14(3)4/h8,10-11,14-15,18H,5-7,9,12-13H2,1-4H3. The van der Waals surface area contributed by atoms with Crippen molar-refractivity contribution in [2.24, 2.45) is 5.92 Å². The number of unbranched alkanes of at least 4 members (excludes halogenated alkanes) is 1. The molecule has 0 saturated heterocycles. The van der Waals surface area contributed by atoms with Gasteiger partial charge < -0.3 is 10.1 Å². The van der Waals surface area contributed by atoms with Crippen LogP contribution in [0.2, 0.25) is 0 Å². The third-order valence-electron chi connectivity index (χ3n) is 3.48. The molecule has 114 valence electrons. The van der Waals surface area contributed by atoms with Gasteiger partial charge in [0, 0.05) is 18.7 Å². The quantitative estimate of drug-likeness (QED) is 0.697. The SMILES string of the molecule is CCCCC(CC)COc1cccc(CNC(C)C)n1. The second kappa shape index (κ2) is 9.76. The molecule has 20 heavy (non-hydrogen) atoms. The summed E-state index contributed by atoms with van der Waals surface area (Å²) in [5, 5.41) is 3.37. The van der Waals surface area contributed by atoms with Crippen molar-refractivity contribution in [1.82, 2.24) is 10.3 Å². The number of hydrogen-bond acceptors (Lipinski definition) is 3. The maximum Gasteiger partial charge on any atom is 0.213 e. The van der Waals surface area contributed by atoms with Crippen LogP contribution >= 0.6 is 0 Å². The molecule has 1 rings (SSSR count). The zero-order valence-corrected chi connectivity index (χ0v) is 13.5. The van der Waals surface area contributed by atoms with Gasteiger partial charge in [-0.25, -0.2) is 4.98 Å². The molecule has 0 aliphatic heterocycles. The number of hydrogen-bond donors (Lipinski definition) is 1. The van der Waals surface area contributed by atoms with Gasteiger partial charge in [-0.3, -0.25) is 0 Å². The van der Waals surface area contributed by atoms with Gasteiger partial charge in [0.25, 0.3) is 0 Å². The Morgan fingerprint density at radius 2 is 2.05 bits per heavy atom. The molecule has 1 heterocycles. The first kappa shape index (κ1) is 17.0. The Balaban J connectivity index is 2.44. The second-order valence-corrected chi connectivity index (χ2v) is 5.73. The van der Waals surface area contributed by atoms with Gasteiger partial charge in [-0.1, -0.05) is 53.0 Å². The first-order valence-electron chi connectivity index (χ1n) is 7.97. The molecule has 1 aromatic rings. The zero-order chi connectivity index (χ0) is 14.8. The van der Waals surface area contributed by atoms with Crippen molar-refractivity contribution in [2.45, 2.75) is 66.0 Å². The highest BCUT2D eigenvalue weighted by atomic mass is 16.5. The molecule has 1 N–H and O–H groups in total. The van der Waals surface area contributed by atoms with Crippen molar-refractivity contribution in [2.75, 3.05) is 6.61 Å². The van der Waals surface area contributed by atoms with Crippen LogP contribution in [0.3, 0.4) is 0 Å². The molecule has 3 nitrogen and oxygen atoms in total. The molecule has 0 saturated carbocycles. The molecule has 1 unspecified atom stereocenters. The van der Waals surface area contributed by atoms with Crippen molar-refractivity contribution in [1.29, 1.82) is 0 Å². The molecule has 0 spiro atoms. The number of aromatic nitrogens is 1. The first-order valence-corrected chi connectivity index (χ1v) is 7.97. The number of pyridine rings is 1. The van der Waals surface area contributed by atoms with Crippen LogP contribution in [0.5, 0.6) is 5.88 Å². The van der Waals surface area contributed by atoms with E-state index < -0.39 is 0 Å². The molecule has 0 fully saturated rings. The summed E-state index contributed by atoms with van der Waals surface area (Å²) in [6.07, 6.45) is 4.97. The van der Waals surface area contributed by atoms with E-state index in [9.17, 15) is 0 Å². The Bertz CT molecular complexity index is 366. The Morgan fingerprint density at radius 1 is 1.25 bits per heavy atom.